The van der Waals surface area contributed by atoms with E-state index in [9.17, 15) is 15.0 Å². The van der Waals surface area contributed by atoms with Gasteiger partial charge < -0.3 is 10.2 Å². The molecule has 0 amide bonds. The third-order valence-electron chi connectivity index (χ3n) is 3.13. The fourth-order valence-corrected chi connectivity index (χ4v) is 2.43. The van der Waals surface area contributed by atoms with Gasteiger partial charge in [-0.3, -0.25) is 9.13 Å². The maximum Gasteiger partial charge on any atom is 0.329 e. The maximum atomic E-state index is 12.4. The Kier molecular flexibility index (Phi) is 3.78. The first kappa shape index (κ1) is 13.8. The van der Waals surface area contributed by atoms with Gasteiger partial charge in [0.1, 0.15) is 0 Å². The molecule has 0 radical (unpaired) electrons. The van der Waals surface area contributed by atoms with E-state index in [1.54, 1.807) is 23.0 Å². The van der Waals surface area contributed by atoms with Gasteiger partial charge in [0.2, 0.25) is 0 Å². The summed E-state index contributed by atoms with van der Waals surface area (Å²) in [6.07, 6.45) is -1.19. The predicted molar refractivity (Wildman–Crippen MR) is 74.3 cm³/mol. The number of imidazole rings is 1. The first-order valence-electron chi connectivity index (χ1n) is 6.46. The van der Waals surface area contributed by atoms with Gasteiger partial charge in [-0.1, -0.05) is 12.1 Å². The van der Waals surface area contributed by atoms with Crippen molar-refractivity contribution in [3.8, 4) is 0 Å². The van der Waals surface area contributed by atoms with Crippen LogP contribution in [-0.4, -0.2) is 31.6 Å². The van der Waals surface area contributed by atoms with Crippen LogP contribution in [0.1, 0.15) is 19.4 Å². The van der Waals surface area contributed by atoms with Gasteiger partial charge >= 0.3 is 5.69 Å². The Bertz CT molecular complexity index is 638. The van der Waals surface area contributed by atoms with E-state index in [2.05, 4.69) is 0 Å². The summed E-state index contributed by atoms with van der Waals surface area (Å²) in [5.74, 6) is 0. The quantitative estimate of drug-likeness (QED) is 0.861. The minimum absolute atomic E-state index is 0.189. The molecule has 0 aliphatic carbocycles. The second-order valence-corrected chi connectivity index (χ2v) is 5.14. The van der Waals surface area contributed by atoms with E-state index >= 15 is 0 Å². The summed E-state index contributed by atoms with van der Waals surface area (Å²) in [7, 11) is 0. The van der Waals surface area contributed by atoms with Gasteiger partial charge in [-0.2, -0.15) is 0 Å². The summed E-state index contributed by atoms with van der Waals surface area (Å²) in [6, 6.07) is 5.69. The molecule has 5 heteroatoms. The molecule has 2 atom stereocenters. The fourth-order valence-electron chi connectivity index (χ4n) is 2.43. The second-order valence-electron chi connectivity index (χ2n) is 5.14. The van der Waals surface area contributed by atoms with Crippen molar-refractivity contribution >= 4 is 11.0 Å². The van der Waals surface area contributed by atoms with Crippen molar-refractivity contribution in [1.82, 2.24) is 9.13 Å². The highest BCUT2D eigenvalue weighted by molar-refractivity contribution is 5.79. The Balaban J connectivity index is 2.73. The highest BCUT2D eigenvalue weighted by Crippen LogP contribution is 2.18. The molecule has 0 fully saturated rings. The lowest BCUT2D eigenvalue weighted by molar-refractivity contribution is 0.167. The molecule has 0 saturated heterocycles. The molecule has 5 nitrogen and oxygen atoms in total. The molecule has 1 aromatic heterocycles. The number of aromatic nitrogens is 2. The minimum atomic E-state index is -0.595. The smallest absolute Gasteiger partial charge is 0.329 e. The number of benzene rings is 1. The summed E-state index contributed by atoms with van der Waals surface area (Å²) in [4.78, 5) is 12.4. The number of aliphatic hydroxyl groups excluding tert-OH is 2. The number of para-hydroxylation sites is 1. The van der Waals surface area contributed by atoms with E-state index in [1.807, 2.05) is 25.1 Å². The molecule has 1 heterocycles. The molecule has 2 unspecified atom stereocenters. The van der Waals surface area contributed by atoms with Crippen LogP contribution in [0.2, 0.25) is 0 Å². The molecule has 0 saturated carbocycles. The molecule has 2 rings (SSSR count). The number of fused-ring (bicyclic) bond motifs is 1. The summed E-state index contributed by atoms with van der Waals surface area (Å²) in [5, 5.41) is 19.1. The normalized spacial score (nSPS) is 14.8. The van der Waals surface area contributed by atoms with Crippen LogP contribution in [0.4, 0.5) is 0 Å². The zero-order valence-electron chi connectivity index (χ0n) is 11.5. The highest BCUT2D eigenvalue weighted by Gasteiger charge is 2.16. The highest BCUT2D eigenvalue weighted by atomic mass is 16.3. The molecular weight excluding hydrogens is 244 g/mol. The van der Waals surface area contributed by atoms with E-state index in [0.29, 0.717) is 0 Å². The number of hydrogen-bond acceptors (Lipinski definition) is 3. The largest absolute Gasteiger partial charge is 0.392 e. The van der Waals surface area contributed by atoms with Crippen molar-refractivity contribution in [3.05, 3.63) is 34.2 Å². The van der Waals surface area contributed by atoms with Crippen LogP contribution in [0.3, 0.4) is 0 Å². The monoisotopic (exact) mass is 264 g/mol. The van der Waals surface area contributed by atoms with Gasteiger partial charge in [0.05, 0.1) is 36.3 Å². The zero-order valence-corrected chi connectivity index (χ0v) is 11.5. The number of hydrogen-bond donors (Lipinski definition) is 2. The van der Waals surface area contributed by atoms with Gasteiger partial charge in [0.25, 0.3) is 0 Å². The number of rotatable bonds is 4. The first-order chi connectivity index (χ1) is 8.91. The average molecular weight is 264 g/mol. The molecule has 0 spiro atoms. The van der Waals surface area contributed by atoms with Gasteiger partial charge in [-0.25, -0.2) is 4.79 Å². The Labute approximate surface area is 111 Å². The van der Waals surface area contributed by atoms with Crippen LogP contribution in [0.5, 0.6) is 0 Å². The Morgan fingerprint density at radius 2 is 1.68 bits per heavy atom. The van der Waals surface area contributed by atoms with Gasteiger partial charge in [0.15, 0.2) is 0 Å². The standard InChI is InChI=1S/C14H20N2O3/c1-9-5-4-6-12-13(9)16(8-11(3)18)14(19)15(12)7-10(2)17/h4-6,10-11,17-18H,7-8H2,1-3H3. The van der Waals surface area contributed by atoms with Crippen molar-refractivity contribution < 1.29 is 10.2 Å². The average Bonchev–Trinajstić information content (AvgIpc) is 2.55. The van der Waals surface area contributed by atoms with Crippen molar-refractivity contribution in [2.24, 2.45) is 0 Å². The molecule has 0 aliphatic rings. The topological polar surface area (TPSA) is 67.4 Å². The van der Waals surface area contributed by atoms with Gasteiger partial charge in [0, 0.05) is 0 Å². The van der Waals surface area contributed by atoms with E-state index in [4.69, 9.17) is 0 Å². The van der Waals surface area contributed by atoms with Crippen molar-refractivity contribution in [2.75, 3.05) is 0 Å². The number of aryl methyl sites for hydroxylation is 1. The molecule has 2 aromatic rings. The van der Waals surface area contributed by atoms with Crippen LogP contribution in [0.15, 0.2) is 23.0 Å². The number of aliphatic hydroxyl groups is 2. The van der Waals surface area contributed by atoms with Crippen LogP contribution in [-0.2, 0) is 13.1 Å². The van der Waals surface area contributed by atoms with Crippen molar-refractivity contribution in [2.45, 2.75) is 46.1 Å². The molecule has 104 valence electrons. The predicted octanol–water partition coefficient (Wildman–Crippen LogP) is 0.873. The van der Waals surface area contributed by atoms with Crippen LogP contribution in [0, 0.1) is 6.92 Å². The fraction of sp³-hybridized carbons (Fsp3) is 0.500. The van der Waals surface area contributed by atoms with Crippen LogP contribution >= 0.6 is 0 Å². The second kappa shape index (κ2) is 5.19. The lowest BCUT2D eigenvalue weighted by Crippen LogP contribution is -2.30. The van der Waals surface area contributed by atoms with Gasteiger partial charge in [-0.15, -0.1) is 0 Å². The van der Waals surface area contributed by atoms with Crippen molar-refractivity contribution in [1.29, 1.82) is 0 Å². The van der Waals surface area contributed by atoms with Crippen LogP contribution < -0.4 is 5.69 Å². The van der Waals surface area contributed by atoms with E-state index in [-0.39, 0.29) is 18.8 Å². The zero-order chi connectivity index (χ0) is 14.2. The summed E-state index contributed by atoms with van der Waals surface area (Å²) in [6.45, 7) is 5.76. The molecule has 1 aromatic carbocycles. The van der Waals surface area contributed by atoms with E-state index in [0.717, 1.165) is 16.6 Å². The third-order valence-corrected chi connectivity index (χ3v) is 3.13. The lowest BCUT2D eigenvalue weighted by Gasteiger charge is -2.07. The first-order valence-corrected chi connectivity index (χ1v) is 6.46. The van der Waals surface area contributed by atoms with E-state index in [1.165, 1.54) is 0 Å². The molecule has 0 bridgehead atoms. The Morgan fingerprint density at radius 1 is 1.11 bits per heavy atom. The SMILES string of the molecule is Cc1cccc2c1n(CC(C)O)c(=O)n2CC(C)O. The summed E-state index contributed by atoms with van der Waals surface area (Å²) < 4.78 is 3.15. The molecule has 19 heavy (non-hydrogen) atoms. The maximum absolute atomic E-state index is 12.4. The van der Waals surface area contributed by atoms with Crippen molar-refractivity contribution in [3.63, 3.8) is 0 Å². The summed E-state index contributed by atoms with van der Waals surface area (Å²) >= 11 is 0. The molecule has 2 N–H and O–H groups in total. The summed E-state index contributed by atoms with van der Waals surface area (Å²) in [5.41, 5.74) is 2.42. The lowest BCUT2D eigenvalue weighted by atomic mass is 10.2. The Hall–Kier alpha value is -1.59. The number of nitrogens with zero attached hydrogens (tertiary/aromatic N) is 2. The van der Waals surface area contributed by atoms with Crippen LogP contribution in [0.25, 0.3) is 11.0 Å². The Morgan fingerprint density at radius 3 is 2.26 bits per heavy atom. The molecular formula is C14H20N2O3. The van der Waals surface area contributed by atoms with E-state index < -0.39 is 12.2 Å². The third kappa shape index (κ3) is 2.57. The minimum Gasteiger partial charge on any atom is -0.392 e. The van der Waals surface area contributed by atoms with Gasteiger partial charge in [-0.05, 0) is 32.4 Å². The molecule has 0 aliphatic heterocycles.